The van der Waals surface area contributed by atoms with Gasteiger partial charge < -0.3 is 20.1 Å². The van der Waals surface area contributed by atoms with Gasteiger partial charge >= 0.3 is 12.1 Å². The van der Waals surface area contributed by atoms with Gasteiger partial charge in [0.05, 0.1) is 32.9 Å². The first-order valence-electron chi connectivity index (χ1n) is 9.92. The van der Waals surface area contributed by atoms with E-state index in [4.69, 9.17) is 37.8 Å². The average molecular weight is 542 g/mol. The maximum atomic E-state index is 13.2. The lowest BCUT2D eigenvalue weighted by Crippen LogP contribution is -2.44. The number of benzene rings is 2. The molecule has 0 atom stereocenters. The van der Waals surface area contributed by atoms with Gasteiger partial charge in [-0.1, -0.05) is 29.3 Å². The maximum absolute atomic E-state index is 13.2. The van der Waals surface area contributed by atoms with E-state index in [-0.39, 0.29) is 23.1 Å². The van der Waals surface area contributed by atoms with Crippen molar-refractivity contribution in [2.45, 2.75) is 11.1 Å². The van der Waals surface area contributed by atoms with E-state index in [9.17, 15) is 21.6 Å². The number of nitrogens with one attached hydrogen (secondary N) is 1. The zero-order valence-corrected chi connectivity index (χ0v) is 19.8. The fourth-order valence-corrected chi connectivity index (χ4v) is 5.22. The molecule has 4 rings (SSSR count). The summed E-state index contributed by atoms with van der Waals surface area (Å²) >= 11 is 12.0. The Morgan fingerprint density at radius 1 is 1.03 bits per heavy atom. The molecule has 0 unspecified atom stereocenters. The number of piperazine rings is 1. The summed E-state index contributed by atoms with van der Waals surface area (Å²) in [4.78, 5) is 11.2. The number of nitrogens with zero attached hydrogens (tertiary/aromatic N) is 2. The smallest absolute Gasteiger partial charge is 0.487 e. The van der Waals surface area contributed by atoms with E-state index < -0.39 is 22.2 Å². The van der Waals surface area contributed by atoms with Crippen molar-refractivity contribution in [3.8, 4) is 5.75 Å². The third kappa shape index (κ3) is 5.80. The van der Waals surface area contributed by atoms with Crippen LogP contribution in [-0.2, 0) is 14.8 Å². The van der Waals surface area contributed by atoms with Gasteiger partial charge in [0.25, 0.3) is 10.0 Å². The maximum Gasteiger partial charge on any atom is 0.490 e. The van der Waals surface area contributed by atoms with Crippen molar-refractivity contribution in [1.82, 2.24) is 5.32 Å². The molecule has 2 aliphatic rings. The van der Waals surface area contributed by atoms with E-state index in [2.05, 4.69) is 10.2 Å². The van der Waals surface area contributed by atoms with Gasteiger partial charge in [-0.3, -0.25) is 4.31 Å². The number of rotatable bonds is 3. The first kappa shape index (κ1) is 26.2. The van der Waals surface area contributed by atoms with Gasteiger partial charge in [0.1, 0.15) is 6.61 Å². The summed E-state index contributed by atoms with van der Waals surface area (Å²) in [5, 5.41) is 11.0. The number of fused-ring (bicyclic) bond motifs is 1. The van der Waals surface area contributed by atoms with Gasteiger partial charge in [-0.05, 0) is 30.3 Å². The van der Waals surface area contributed by atoms with Crippen LogP contribution in [0.25, 0.3) is 0 Å². The quantitative estimate of drug-likeness (QED) is 0.612. The summed E-state index contributed by atoms with van der Waals surface area (Å²) in [5.74, 6) is -2.15. The predicted octanol–water partition coefficient (Wildman–Crippen LogP) is 3.62. The van der Waals surface area contributed by atoms with Crippen molar-refractivity contribution in [2.24, 2.45) is 0 Å². The minimum Gasteiger partial charge on any atom is -0.487 e. The molecule has 8 nitrogen and oxygen atoms in total. The topological polar surface area (TPSA) is 99.2 Å². The third-order valence-electron chi connectivity index (χ3n) is 4.96. The number of para-hydroxylation sites is 1. The number of halogens is 5. The molecule has 1 saturated heterocycles. The molecular weight excluding hydrogens is 522 g/mol. The molecule has 2 heterocycles. The number of aliphatic carboxylic acids is 1. The molecule has 186 valence electrons. The highest BCUT2D eigenvalue weighted by Crippen LogP contribution is 2.42. The van der Waals surface area contributed by atoms with Crippen molar-refractivity contribution in [2.75, 3.05) is 48.5 Å². The Labute approximate surface area is 203 Å². The van der Waals surface area contributed by atoms with E-state index in [1.54, 1.807) is 6.07 Å². The first-order chi connectivity index (χ1) is 15.9. The van der Waals surface area contributed by atoms with Crippen molar-refractivity contribution in [3.05, 3.63) is 46.4 Å². The molecule has 2 aromatic carbocycles. The zero-order chi connectivity index (χ0) is 25.1. The number of ether oxygens (including phenoxy) is 1. The number of carbonyl (C=O) groups is 1. The van der Waals surface area contributed by atoms with Crippen LogP contribution in [0.3, 0.4) is 0 Å². The van der Waals surface area contributed by atoms with E-state index in [1.165, 1.54) is 22.5 Å². The Bertz CT molecular complexity index is 1160. The van der Waals surface area contributed by atoms with Crippen LogP contribution in [0.2, 0.25) is 10.0 Å². The molecule has 0 amide bonds. The van der Waals surface area contributed by atoms with Crippen LogP contribution >= 0.6 is 23.2 Å². The van der Waals surface area contributed by atoms with Crippen molar-refractivity contribution < 1.29 is 36.2 Å². The van der Waals surface area contributed by atoms with E-state index in [0.29, 0.717) is 16.5 Å². The SMILES string of the molecule is O=C(O)C(F)(F)F.O=S(=O)(c1ccc(Cl)c(Cl)c1)N1CCOc2c(N3CCNCC3)cccc21. The molecule has 14 heteroatoms. The fourth-order valence-electron chi connectivity index (χ4n) is 3.38. The van der Waals surface area contributed by atoms with Gasteiger partial charge in [-0.25, -0.2) is 13.2 Å². The molecule has 1 fully saturated rings. The highest BCUT2D eigenvalue weighted by molar-refractivity contribution is 7.92. The number of alkyl halides is 3. The summed E-state index contributed by atoms with van der Waals surface area (Å²) < 4.78 is 65.5. The Kier molecular flexibility index (Phi) is 8.06. The van der Waals surface area contributed by atoms with Crippen LogP contribution in [0, 0.1) is 0 Å². The lowest BCUT2D eigenvalue weighted by atomic mass is 10.2. The number of carboxylic acids is 1. The monoisotopic (exact) mass is 541 g/mol. The summed E-state index contributed by atoms with van der Waals surface area (Å²) in [6.45, 7) is 3.99. The molecule has 2 aromatic rings. The molecule has 2 N–H and O–H groups in total. The average Bonchev–Trinajstić information content (AvgIpc) is 2.80. The van der Waals surface area contributed by atoms with Crippen molar-refractivity contribution in [3.63, 3.8) is 0 Å². The summed E-state index contributed by atoms with van der Waals surface area (Å²) in [6.07, 6.45) is -5.08. The van der Waals surface area contributed by atoms with Gasteiger partial charge in [0, 0.05) is 26.2 Å². The minimum absolute atomic E-state index is 0.109. The molecular formula is C20H20Cl2F3N3O5S. The highest BCUT2D eigenvalue weighted by Gasteiger charge is 2.38. The number of sulfonamides is 1. The van der Waals surface area contributed by atoms with Gasteiger partial charge in [0.15, 0.2) is 5.75 Å². The summed E-state index contributed by atoms with van der Waals surface area (Å²) in [7, 11) is -3.78. The number of hydrogen-bond donors (Lipinski definition) is 2. The molecule has 0 aromatic heterocycles. The lowest BCUT2D eigenvalue weighted by molar-refractivity contribution is -0.192. The first-order valence-corrected chi connectivity index (χ1v) is 12.1. The molecule has 0 bridgehead atoms. The van der Waals surface area contributed by atoms with Crippen LogP contribution in [0.4, 0.5) is 24.5 Å². The largest absolute Gasteiger partial charge is 0.490 e. The van der Waals surface area contributed by atoms with Crippen LogP contribution in [-0.4, -0.2) is 65.0 Å². The highest BCUT2D eigenvalue weighted by atomic mass is 35.5. The van der Waals surface area contributed by atoms with Crippen molar-refractivity contribution in [1.29, 1.82) is 0 Å². The normalized spacial score (nSPS) is 16.1. The second-order valence-electron chi connectivity index (χ2n) is 7.17. The van der Waals surface area contributed by atoms with Gasteiger partial charge in [-0.15, -0.1) is 0 Å². The Hall–Kier alpha value is -2.41. The fraction of sp³-hybridized carbons (Fsp3) is 0.350. The second kappa shape index (κ2) is 10.5. The summed E-state index contributed by atoms with van der Waals surface area (Å²) in [6, 6.07) is 9.96. The number of hydrogen-bond acceptors (Lipinski definition) is 6. The molecule has 0 spiro atoms. The summed E-state index contributed by atoms with van der Waals surface area (Å²) in [5.41, 5.74) is 1.46. The van der Waals surface area contributed by atoms with Crippen LogP contribution in [0.1, 0.15) is 0 Å². The minimum atomic E-state index is -5.08. The Balaban J connectivity index is 0.000000406. The van der Waals surface area contributed by atoms with E-state index in [0.717, 1.165) is 31.9 Å². The van der Waals surface area contributed by atoms with Gasteiger partial charge in [-0.2, -0.15) is 13.2 Å². The van der Waals surface area contributed by atoms with Gasteiger partial charge in [0.2, 0.25) is 0 Å². The van der Waals surface area contributed by atoms with Crippen LogP contribution in [0.15, 0.2) is 41.3 Å². The third-order valence-corrected chi connectivity index (χ3v) is 7.51. The molecule has 0 aliphatic carbocycles. The number of carboxylic acid groups (broad SMARTS) is 1. The Morgan fingerprint density at radius 2 is 1.65 bits per heavy atom. The predicted molar refractivity (Wildman–Crippen MR) is 122 cm³/mol. The molecule has 34 heavy (non-hydrogen) atoms. The zero-order valence-electron chi connectivity index (χ0n) is 17.5. The lowest BCUT2D eigenvalue weighted by Gasteiger charge is -2.36. The molecule has 0 saturated carbocycles. The van der Waals surface area contributed by atoms with Crippen LogP contribution < -0.4 is 19.3 Å². The van der Waals surface area contributed by atoms with Crippen LogP contribution in [0.5, 0.6) is 5.75 Å². The molecule has 2 aliphatic heterocycles. The van der Waals surface area contributed by atoms with Crippen molar-refractivity contribution >= 4 is 50.6 Å². The second-order valence-corrected chi connectivity index (χ2v) is 9.84. The standard InChI is InChI=1S/C18H19Cl2N3O3S.C2HF3O2/c19-14-5-4-13(12-15(14)20)27(24,25)23-10-11-26-18-16(2-1-3-17(18)23)22-8-6-21-7-9-22;3-2(4,5)1(6)7/h1-5,12,21H,6-11H2;(H,6,7). The molecule has 0 radical (unpaired) electrons. The van der Waals surface area contributed by atoms with E-state index in [1.807, 2.05) is 12.1 Å². The van der Waals surface area contributed by atoms with E-state index >= 15 is 0 Å². The number of anilines is 2. The Morgan fingerprint density at radius 3 is 2.24 bits per heavy atom.